The molecule has 20 heavy (non-hydrogen) atoms. The molecule has 0 saturated heterocycles. The lowest BCUT2D eigenvalue weighted by molar-refractivity contribution is -0.384. The first-order valence-corrected chi connectivity index (χ1v) is 6.53. The van der Waals surface area contributed by atoms with Gasteiger partial charge in [-0.25, -0.2) is 4.68 Å². The number of hydrogen-bond acceptors (Lipinski definition) is 4. The van der Waals surface area contributed by atoms with Crippen LogP contribution in [0.15, 0.2) is 30.3 Å². The largest absolute Gasteiger partial charge is 0.378 e. The van der Waals surface area contributed by atoms with E-state index in [1.807, 2.05) is 25.1 Å². The average molecular weight is 274 g/mol. The van der Waals surface area contributed by atoms with Crippen LogP contribution in [0.5, 0.6) is 0 Å². The van der Waals surface area contributed by atoms with Crippen molar-refractivity contribution in [3.63, 3.8) is 0 Å². The summed E-state index contributed by atoms with van der Waals surface area (Å²) in [6, 6.07) is 10.1. The van der Waals surface area contributed by atoms with E-state index in [0.717, 1.165) is 12.8 Å². The van der Waals surface area contributed by atoms with Gasteiger partial charge in [0.1, 0.15) is 5.69 Å². The van der Waals surface area contributed by atoms with Gasteiger partial charge < -0.3 is 5.73 Å². The molecule has 6 heteroatoms. The Bertz CT molecular complexity index is 607. The van der Waals surface area contributed by atoms with E-state index in [0.29, 0.717) is 5.69 Å². The third-order valence-electron chi connectivity index (χ3n) is 3.38. The number of aryl methyl sites for hydroxylation is 2. The summed E-state index contributed by atoms with van der Waals surface area (Å²) in [5, 5.41) is 15.1. The van der Waals surface area contributed by atoms with Gasteiger partial charge in [-0.05, 0) is 32.3 Å². The molecule has 2 aromatic rings. The third kappa shape index (κ3) is 2.79. The van der Waals surface area contributed by atoms with Gasteiger partial charge in [0, 0.05) is 0 Å². The number of hydrogen-bond donors (Lipinski definition) is 1. The Morgan fingerprint density at radius 2 is 2.05 bits per heavy atom. The van der Waals surface area contributed by atoms with Crippen LogP contribution >= 0.6 is 0 Å². The van der Waals surface area contributed by atoms with Gasteiger partial charge in [-0.3, -0.25) is 10.1 Å². The second kappa shape index (κ2) is 5.73. The van der Waals surface area contributed by atoms with Gasteiger partial charge in [-0.15, -0.1) is 0 Å². The SMILES string of the molecule is Cc1nn(C(C)CCc2ccccc2)c(N)c1[N+](=O)[O-]. The zero-order chi connectivity index (χ0) is 14.7. The number of benzene rings is 1. The van der Waals surface area contributed by atoms with Gasteiger partial charge in [0.2, 0.25) is 5.82 Å². The van der Waals surface area contributed by atoms with Crippen molar-refractivity contribution in [2.24, 2.45) is 0 Å². The predicted molar refractivity (Wildman–Crippen MR) is 77.5 cm³/mol. The van der Waals surface area contributed by atoms with Crippen LogP contribution in [-0.2, 0) is 6.42 Å². The minimum absolute atomic E-state index is 0.0163. The quantitative estimate of drug-likeness (QED) is 0.670. The molecule has 2 N–H and O–H groups in total. The maximum Gasteiger partial charge on any atom is 0.333 e. The Balaban J connectivity index is 2.12. The van der Waals surface area contributed by atoms with E-state index in [1.54, 1.807) is 11.6 Å². The van der Waals surface area contributed by atoms with E-state index in [4.69, 9.17) is 5.73 Å². The molecule has 0 radical (unpaired) electrons. The molecule has 1 aromatic heterocycles. The molecule has 0 bridgehead atoms. The van der Waals surface area contributed by atoms with Crippen LogP contribution in [0.25, 0.3) is 0 Å². The number of nitrogen functional groups attached to an aromatic ring is 1. The summed E-state index contributed by atoms with van der Waals surface area (Å²) in [7, 11) is 0. The lowest BCUT2D eigenvalue weighted by atomic mass is 10.1. The fourth-order valence-electron chi connectivity index (χ4n) is 2.26. The molecular formula is C14H18N4O2. The monoisotopic (exact) mass is 274 g/mol. The van der Waals surface area contributed by atoms with Crippen LogP contribution in [0.1, 0.15) is 30.6 Å². The molecule has 1 unspecified atom stereocenters. The Labute approximate surface area is 117 Å². The van der Waals surface area contributed by atoms with Crippen LogP contribution in [-0.4, -0.2) is 14.7 Å². The zero-order valence-electron chi connectivity index (χ0n) is 11.6. The lowest BCUT2D eigenvalue weighted by Gasteiger charge is -2.13. The highest BCUT2D eigenvalue weighted by atomic mass is 16.6. The van der Waals surface area contributed by atoms with E-state index in [-0.39, 0.29) is 17.5 Å². The molecule has 0 spiro atoms. The first-order chi connectivity index (χ1) is 9.50. The Kier molecular flexibility index (Phi) is 4.02. The van der Waals surface area contributed by atoms with Crippen molar-refractivity contribution >= 4 is 11.5 Å². The number of aromatic nitrogens is 2. The molecule has 1 aromatic carbocycles. The first-order valence-electron chi connectivity index (χ1n) is 6.53. The molecule has 0 aliphatic rings. The van der Waals surface area contributed by atoms with E-state index in [2.05, 4.69) is 17.2 Å². The van der Waals surface area contributed by atoms with Gasteiger partial charge in [0.05, 0.1) is 11.0 Å². The molecule has 1 atom stereocenters. The average Bonchev–Trinajstić information content (AvgIpc) is 2.72. The summed E-state index contributed by atoms with van der Waals surface area (Å²) in [6.07, 6.45) is 1.71. The Morgan fingerprint density at radius 3 is 2.60 bits per heavy atom. The fraction of sp³-hybridized carbons (Fsp3) is 0.357. The van der Waals surface area contributed by atoms with Crippen LogP contribution in [0.4, 0.5) is 11.5 Å². The van der Waals surface area contributed by atoms with Crippen molar-refractivity contribution in [3.05, 3.63) is 51.7 Å². The Morgan fingerprint density at radius 1 is 1.40 bits per heavy atom. The van der Waals surface area contributed by atoms with Crippen molar-refractivity contribution in [1.29, 1.82) is 0 Å². The minimum atomic E-state index is -0.474. The number of anilines is 1. The molecule has 0 saturated carbocycles. The van der Waals surface area contributed by atoms with Crippen molar-refractivity contribution < 1.29 is 4.92 Å². The molecule has 0 aliphatic carbocycles. The maximum absolute atomic E-state index is 10.9. The van der Waals surface area contributed by atoms with E-state index in [9.17, 15) is 10.1 Å². The summed E-state index contributed by atoms with van der Waals surface area (Å²) >= 11 is 0. The van der Waals surface area contributed by atoms with Crippen LogP contribution in [0.3, 0.4) is 0 Å². The van der Waals surface area contributed by atoms with Crippen LogP contribution in [0.2, 0.25) is 0 Å². The smallest absolute Gasteiger partial charge is 0.333 e. The normalized spacial score (nSPS) is 12.3. The highest BCUT2D eigenvalue weighted by molar-refractivity contribution is 5.56. The van der Waals surface area contributed by atoms with Crippen molar-refractivity contribution in [3.8, 4) is 0 Å². The molecule has 6 nitrogen and oxygen atoms in total. The molecule has 0 fully saturated rings. The molecule has 0 aliphatic heterocycles. The number of nitro groups is 1. The second-order valence-electron chi connectivity index (χ2n) is 4.89. The summed E-state index contributed by atoms with van der Waals surface area (Å²) in [4.78, 5) is 10.5. The Hall–Kier alpha value is -2.37. The second-order valence-corrected chi connectivity index (χ2v) is 4.89. The highest BCUT2D eigenvalue weighted by Gasteiger charge is 2.24. The minimum Gasteiger partial charge on any atom is -0.378 e. The first kappa shape index (κ1) is 14.0. The maximum atomic E-state index is 10.9. The van der Waals surface area contributed by atoms with E-state index >= 15 is 0 Å². The van der Waals surface area contributed by atoms with E-state index < -0.39 is 4.92 Å². The molecule has 106 valence electrons. The van der Waals surface area contributed by atoms with Gasteiger partial charge in [-0.1, -0.05) is 30.3 Å². The van der Waals surface area contributed by atoms with Crippen molar-refractivity contribution in [2.75, 3.05) is 5.73 Å². The predicted octanol–water partition coefficient (Wildman–Crippen LogP) is 2.88. The van der Waals surface area contributed by atoms with Gasteiger partial charge in [0.15, 0.2) is 0 Å². The topological polar surface area (TPSA) is 87.0 Å². The summed E-state index contributed by atoms with van der Waals surface area (Å²) in [6.45, 7) is 3.57. The number of nitrogens with zero attached hydrogens (tertiary/aromatic N) is 3. The zero-order valence-corrected chi connectivity index (χ0v) is 11.6. The molecule has 0 amide bonds. The summed E-state index contributed by atoms with van der Waals surface area (Å²) < 4.78 is 1.55. The van der Waals surface area contributed by atoms with Gasteiger partial charge in [0.25, 0.3) is 0 Å². The molecular weight excluding hydrogens is 256 g/mol. The van der Waals surface area contributed by atoms with Crippen molar-refractivity contribution in [2.45, 2.75) is 32.7 Å². The van der Waals surface area contributed by atoms with Gasteiger partial charge in [-0.2, -0.15) is 5.10 Å². The van der Waals surface area contributed by atoms with Crippen LogP contribution < -0.4 is 5.73 Å². The standard InChI is InChI=1S/C14H18N4O2/c1-10(8-9-12-6-4-3-5-7-12)17-14(15)13(18(19)20)11(2)16-17/h3-7,10H,8-9,15H2,1-2H3. The van der Waals surface area contributed by atoms with Gasteiger partial charge >= 0.3 is 5.69 Å². The van der Waals surface area contributed by atoms with Crippen molar-refractivity contribution in [1.82, 2.24) is 9.78 Å². The fourth-order valence-corrected chi connectivity index (χ4v) is 2.26. The molecule has 2 rings (SSSR count). The van der Waals surface area contributed by atoms with Crippen LogP contribution in [0, 0.1) is 17.0 Å². The summed E-state index contributed by atoms with van der Waals surface area (Å²) in [5.74, 6) is 0.132. The lowest BCUT2D eigenvalue weighted by Crippen LogP contribution is -2.11. The number of rotatable bonds is 5. The van der Waals surface area contributed by atoms with E-state index in [1.165, 1.54) is 5.56 Å². The highest BCUT2D eigenvalue weighted by Crippen LogP contribution is 2.29. The third-order valence-corrected chi connectivity index (χ3v) is 3.38. The number of nitrogens with two attached hydrogens (primary N) is 1. The summed E-state index contributed by atoms with van der Waals surface area (Å²) in [5.41, 5.74) is 7.34. The molecule has 1 heterocycles.